The number of phenols is 1. The number of hydrogen-bond donors (Lipinski definition) is 5. The highest BCUT2D eigenvalue weighted by Crippen LogP contribution is 2.34. The van der Waals surface area contributed by atoms with Crippen LogP contribution < -0.4 is 4.74 Å². The van der Waals surface area contributed by atoms with E-state index in [1.807, 2.05) is 13.0 Å². The van der Waals surface area contributed by atoms with Crippen molar-refractivity contribution in [3.05, 3.63) is 23.3 Å². The molecule has 7 heteroatoms. The monoisotopic (exact) mass is 398 g/mol. The maximum absolute atomic E-state index is 10.5. The van der Waals surface area contributed by atoms with Crippen LogP contribution in [-0.4, -0.2) is 62.8 Å². The number of aryl methyl sites for hydroxylation is 1. The van der Waals surface area contributed by atoms with Crippen LogP contribution in [0.5, 0.6) is 11.5 Å². The number of aliphatic hydroxyl groups excluding tert-OH is 4. The van der Waals surface area contributed by atoms with Crippen LogP contribution in [-0.2, 0) is 17.6 Å². The number of rotatable bonds is 10. The fourth-order valence-corrected chi connectivity index (χ4v) is 3.41. The van der Waals surface area contributed by atoms with Crippen molar-refractivity contribution in [1.82, 2.24) is 0 Å². The van der Waals surface area contributed by atoms with Gasteiger partial charge in [-0.15, -0.1) is 0 Å². The third-order valence-electron chi connectivity index (χ3n) is 5.19. The van der Waals surface area contributed by atoms with E-state index in [-0.39, 0.29) is 5.75 Å². The molecule has 0 spiro atoms. The van der Waals surface area contributed by atoms with E-state index in [0.29, 0.717) is 17.7 Å². The first-order valence-corrected chi connectivity index (χ1v) is 10.2. The first-order valence-electron chi connectivity index (χ1n) is 10.2. The van der Waals surface area contributed by atoms with Gasteiger partial charge in [0.15, 0.2) is 0 Å². The molecule has 0 radical (unpaired) electrons. The van der Waals surface area contributed by atoms with E-state index in [1.165, 1.54) is 0 Å². The Morgan fingerprint density at radius 3 is 2.29 bits per heavy atom. The first-order chi connectivity index (χ1) is 13.4. The van der Waals surface area contributed by atoms with E-state index < -0.39 is 37.3 Å². The normalized spacial score (nSPS) is 27.7. The van der Waals surface area contributed by atoms with E-state index in [0.717, 1.165) is 44.1 Å². The minimum atomic E-state index is -1.50. The predicted octanol–water partition coefficient (Wildman–Crippen LogP) is 1.65. The molecule has 5 N–H and O–H groups in total. The van der Waals surface area contributed by atoms with E-state index >= 15 is 0 Å². The summed E-state index contributed by atoms with van der Waals surface area (Å²) in [6.45, 7) is 3.66. The molecule has 0 aliphatic carbocycles. The lowest BCUT2D eigenvalue weighted by atomic mass is 9.98. The van der Waals surface area contributed by atoms with E-state index in [2.05, 4.69) is 6.92 Å². The number of aliphatic hydroxyl groups is 4. The van der Waals surface area contributed by atoms with Crippen molar-refractivity contribution in [2.24, 2.45) is 0 Å². The Kier molecular flexibility index (Phi) is 8.98. The number of benzene rings is 1. The van der Waals surface area contributed by atoms with Crippen molar-refractivity contribution in [3.63, 3.8) is 0 Å². The van der Waals surface area contributed by atoms with Crippen molar-refractivity contribution in [2.75, 3.05) is 6.61 Å². The molecule has 160 valence electrons. The van der Waals surface area contributed by atoms with Gasteiger partial charge < -0.3 is 35.0 Å². The van der Waals surface area contributed by atoms with Gasteiger partial charge >= 0.3 is 0 Å². The topological polar surface area (TPSA) is 120 Å². The summed E-state index contributed by atoms with van der Waals surface area (Å²) in [5, 5.41) is 50.1. The molecule has 1 aliphatic rings. The average molecular weight is 398 g/mol. The zero-order chi connectivity index (χ0) is 20.7. The van der Waals surface area contributed by atoms with Gasteiger partial charge in [-0.1, -0.05) is 33.1 Å². The molecule has 1 saturated heterocycles. The second kappa shape index (κ2) is 11.0. The van der Waals surface area contributed by atoms with Crippen molar-refractivity contribution < 1.29 is 35.0 Å². The van der Waals surface area contributed by atoms with E-state index in [1.54, 1.807) is 6.07 Å². The van der Waals surface area contributed by atoms with Crippen LogP contribution in [0.25, 0.3) is 0 Å². The molecule has 0 saturated carbocycles. The first kappa shape index (κ1) is 22.9. The second-order valence-electron chi connectivity index (χ2n) is 7.47. The molecule has 2 rings (SSSR count). The average Bonchev–Trinajstić information content (AvgIpc) is 2.68. The number of hydrogen-bond acceptors (Lipinski definition) is 7. The Hall–Kier alpha value is -1.38. The third-order valence-corrected chi connectivity index (χ3v) is 5.19. The van der Waals surface area contributed by atoms with Crippen molar-refractivity contribution in [2.45, 2.75) is 89.5 Å². The molecule has 28 heavy (non-hydrogen) atoms. The lowest BCUT2D eigenvalue weighted by molar-refractivity contribution is -0.277. The smallest absolute Gasteiger partial charge is 0.229 e. The summed E-state index contributed by atoms with van der Waals surface area (Å²) in [5.74, 6) is 0.534. The second-order valence-corrected chi connectivity index (χ2v) is 7.47. The molecular weight excluding hydrogens is 364 g/mol. The Bertz CT molecular complexity index is 605. The summed E-state index contributed by atoms with van der Waals surface area (Å²) in [6, 6.07) is 3.59. The molecule has 1 heterocycles. The van der Waals surface area contributed by atoms with Crippen molar-refractivity contribution >= 4 is 0 Å². The van der Waals surface area contributed by atoms with Crippen molar-refractivity contribution in [3.8, 4) is 11.5 Å². The van der Waals surface area contributed by atoms with Gasteiger partial charge in [0, 0.05) is 5.56 Å². The lowest BCUT2D eigenvalue weighted by Crippen LogP contribution is -2.60. The van der Waals surface area contributed by atoms with Gasteiger partial charge in [-0.2, -0.15) is 0 Å². The Balaban J connectivity index is 2.27. The van der Waals surface area contributed by atoms with Gasteiger partial charge in [0.25, 0.3) is 0 Å². The van der Waals surface area contributed by atoms with Gasteiger partial charge in [-0.25, -0.2) is 0 Å². The van der Waals surface area contributed by atoms with Crippen LogP contribution in [0.4, 0.5) is 0 Å². The largest absolute Gasteiger partial charge is 0.508 e. The fraction of sp³-hybridized carbons (Fsp3) is 0.714. The maximum atomic E-state index is 10.5. The number of phenolic OH excluding ortho intramolecular Hbond substituents is 1. The molecular formula is C21H34O7. The van der Waals surface area contributed by atoms with Crippen LogP contribution in [0.15, 0.2) is 12.1 Å². The summed E-state index contributed by atoms with van der Waals surface area (Å²) in [5.41, 5.74) is 1.55. The lowest BCUT2D eigenvalue weighted by Gasteiger charge is -2.39. The number of aromatic hydroxyl groups is 1. The quantitative estimate of drug-likeness (QED) is 0.380. The van der Waals surface area contributed by atoms with Gasteiger partial charge in [-0.05, 0) is 43.4 Å². The summed E-state index contributed by atoms with van der Waals surface area (Å²) in [4.78, 5) is 0. The molecule has 0 unspecified atom stereocenters. The Morgan fingerprint density at radius 2 is 1.64 bits per heavy atom. The minimum Gasteiger partial charge on any atom is -0.508 e. The zero-order valence-corrected chi connectivity index (χ0v) is 16.8. The summed E-state index contributed by atoms with van der Waals surface area (Å²) in [7, 11) is 0. The molecule has 1 fully saturated rings. The molecule has 0 bridgehead atoms. The van der Waals surface area contributed by atoms with Crippen LogP contribution in [0.3, 0.4) is 0 Å². The summed E-state index contributed by atoms with van der Waals surface area (Å²) >= 11 is 0. The maximum Gasteiger partial charge on any atom is 0.229 e. The van der Waals surface area contributed by atoms with Gasteiger partial charge in [0.1, 0.15) is 35.9 Å². The molecule has 1 aliphatic heterocycles. The highest BCUT2D eigenvalue weighted by atomic mass is 16.7. The van der Waals surface area contributed by atoms with Crippen LogP contribution in [0.2, 0.25) is 0 Å². The molecule has 0 aromatic heterocycles. The predicted molar refractivity (Wildman–Crippen MR) is 104 cm³/mol. The fourth-order valence-electron chi connectivity index (χ4n) is 3.41. The third kappa shape index (κ3) is 5.58. The summed E-state index contributed by atoms with van der Waals surface area (Å²) < 4.78 is 11.3. The molecule has 1 aromatic rings. The molecule has 0 amide bonds. The number of unbranched alkanes of at least 4 members (excludes halogenated alkanes) is 3. The number of ether oxygens (including phenoxy) is 2. The molecule has 5 atom stereocenters. The minimum absolute atomic E-state index is 0.141. The zero-order valence-electron chi connectivity index (χ0n) is 16.8. The van der Waals surface area contributed by atoms with Crippen LogP contribution in [0.1, 0.15) is 57.1 Å². The summed E-state index contributed by atoms with van der Waals surface area (Å²) in [6.07, 6.45) is -0.368. The molecule has 7 nitrogen and oxygen atoms in total. The van der Waals surface area contributed by atoms with E-state index in [9.17, 15) is 25.5 Å². The van der Waals surface area contributed by atoms with E-state index in [4.69, 9.17) is 9.47 Å². The van der Waals surface area contributed by atoms with Crippen molar-refractivity contribution in [1.29, 1.82) is 0 Å². The highest BCUT2D eigenvalue weighted by molar-refractivity contribution is 5.47. The van der Waals surface area contributed by atoms with Crippen LogP contribution >= 0.6 is 0 Å². The van der Waals surface area contributed by atoms with Gasteiger partial charge in [0.05, 0.1) is 6.61 Å². The highest BCUT2D eigenvalue weighted by Gasteiger charge is 2.44. The Labute approximate surface area is 166 Å². The molecule has 1 aromatic carbocycles. The SMILES string of the molecule is CCCCCc1cc(O)c(CCCC)c(O[C@@H]2O[C@H](CO)[C@H](O)[C@H](O)[C@H]2O)c1. The Morgan fingerprint density at radius 1 is 0.929 bits per heavy atom. The van der Waals surface area contributed by atoms with Crippen LogP contribution in [0, 0.1) is 0 Å². The standard InChI is InChI=1S/C21H34O7/c1-3-5-7-8-13-10-15(23)14(9-6-4-2)16(11-13)27-21-20(26)19(25)18(24)17(12-22)28-21/h10-11,17-26H,3-9,12H2,1-2H3/t17-,18+,19+,20-,21-/m1/s1. The van der Waals surface area contributed by atoms with Gasteiger partial charge in [0.2, 0.25) is 6.29 Å². The van der Waals surface area contributed by atoms with Gasteiger partial charge in [-0.3, -0.25) is 0 Å².